The molecule has 0 aromatic rings. The molecule has 1 aliphatic rings. The molecule has 1 saturated heterocycles. The van der Waals surface area contributed by atoms with Crippen molar-refractivity contribution in [2.24, 2.45) is 5.73 Å². The molecule has 0 unspecified atom stereocenters. The van der Waals surface area contributed by atoms with Crippen LogP contribution in [0.1, 0.15) is 0 Å². The number of hydrogen-bond donors (Lipinski definition) is 2. The summed E-state index contributed by atoms with van der Waals surface area (Å²) >= 11 is 0. The lowest BCUT2D eigenvalue weighted by Gasteiger charge is -2.11. The SMILES string of the molecule is NCC(=O)N1CCNC1. The third-order valence-electron chi connectivity index (χ3n) is 1.39. The first kappa shape index (κ1) is 6.51. The number of amides is 1. The minimum Gasteiger partial charge on any atom is -0.328 e. The number of nitrogens with two attached hydrogens (primary N) is 1. The first-order valence-corrected chi connectivity index (χ1v) is 3.03. The highest BCUT2D eigenvalue weighted by atomic mass is 16.2. The highest BCUT2D eigenvalue weighted by molar-refractivity contribution is 5.78. The molecule has 9 heavy (non-hydrogen) atoms. The van der Waals surface area contributed by atoms with E-state index in [4.69, 9.17) is 5.73 Å². The van der Waals surface area contributed by atoms with Gasteiger partial charge in [-0.1, -0.05) is 0 Å². The summed E-state index contributed by atoms with van der Waals surface area (Å²) in [6, 6.07) is 0. The molecule has 0 spiro atoms. The van der Waals surface area contributed by atoms with Crippen LogP contribution in [0, 0.1) is 0 Å². The Labute approximate surface area is 54.0 Å². The number of nitrogens with zero attached hydrogens (tertiary/aromatic N) is 1. The third-order valence-corrected chi connectivity index (χ3v) is 1.39. The van der Waals surface area contributed by atoms with E-state index in [0.717, 1.165) is 13.1 Å². The summed E-state index contributed by atoms with van der Waals surface area (Å²) in [5.74, 6) is 0.0278. The summed E-state index contributed by atoms with van der Waals surface area (Å²) in [7, 11) is 0. The van der Waals surface area contributed by atoms with Gasteiger partial charge in [-0.25, -0.2) is 0 Å². The lowest BCUT2D eigenvalue weighted by atomic mass is 10.5. The van der Waals surface area contributed by atoms with Gasteiger partial charge in [-0.15, -0.1) is 0 Å². The Kier molecular flexibility index (Phi) is 2.02. The summed E-state index contributed by atoms with van der Waals surface area (Å²) in [5.41, 5.74) is 5.13. The highest BCUT2D eigenvalue weighted by Gasteiger charge is 2.14. The highest BCUT2D eigenvalue weighted by Crippen LogP contribution is 1.90. The van der Waals surface area contributed by atoms with Gasteiger partial charge >= 0.3 is 0 Å². The topological polar surface area (TPSA) is 58.4 Å². The maximum atomic E-state index is 10.8. The van der Waals surface area contributed by atoms with Crippen LogP contribution in [-0.2, 0) is 4.79 Å². The van der Waals surface area contributed by atoms with Crippen molar-refractivity contribution < 1.29 is 4.79 Å². The molecule has 4 nitrogen and oxygen atoms in total. The van der Waals surface area contributed by atoms with E-state index >= 15 is 0 Å². The summed E-state index contributed by atoms with van der Waals surface area (Å²) in [6.45, 7) is 2.49. The molecular weight excluding hydrogens is 118 g/mol. The minimum atomic E-state index is 0.0278. The lowest BCUT2D eigenvalue weighted by molar-refractivity contribution is -0.128. The molecule has 1 heterocycles. The predicted molar refractivity (Wildman–Crippen MR) is 33.6 cm³/mol. The van der Waals surface area contributed by atoms with Gasteiger partial charge in [0.1, 0.15) is 0 Å². The Morgan fingerprint density at radius 2 is 2.56 bits per heavy atom. The Bertz CT molecular complexity index is 109. The van der Waals surface area contributed by atoms with Crippen LogP contribution in [0.15, 0.2) is 0 Å². The molecule has 0 aromatic carbocycles. The maximum Gasteiger partial charge on any atom is 0.237 e. The summed E-state index contributed by atoms with van der Waals surface area (Å²) in [6.07, 6.45) is 0. The molecule has 1 amide bonds. The molecule has 1 rings (SSSR count). The average Bonchev–Trinajstić information content (AvgIpc) is 2.37. The normalized spacial score (nSPS) is 18.6. The Balaban J connectivity index is 2.32. The Morgan fingerprint density at radius 1 is 1.78 bits per heavy atom. The number of hydrogen-bond acceptors (Lipinski definition) is 3. The predicted octanol–water partition coefficient (Wildman–Crippen LogP) is -1.67. The fourth-order valence-corrected chi connectivity index (χ4v) is 0.849. The zero-order valence-electron chi connectivity index (χ0n) is 5.26. The van der Waals surface area contributed by atoms with Gasteiger partial charge in [0, 0.05) is 13.1 Å². The second-order valence-corrected chi connectivity index (χ2v) is 2.02. The second kappa shape index (κ2) is 2.80. The van der Waals surface area contributed by atoms with Gasteiger partial charge in [-0.2, -0.15) is 0 Å². The van der Waals surface area contributed by atoms with Crippen LogP contribution < -0.4 is 11.1 Å². The second-order valence-electron chi connectivity index (χ2n) is 2.02. The maximum absolute atomic E-state index is 10.8. The molecular formula is C5H11N3O. The molecule has 0 saturated carbocycles. The van der Waals surface area contributed by atoms with E-state index in [-0.39, 0.29) is 12.5 Å². The van der Waals surface area contributed by atoms with Crippen molar-refractivity contribution in [2.75, 3.05) is 26.3 Å². The first-order chi connectivity index (χ1) is 4.34. The van der Waals surface area contributed by atoms with Crippen LogP contribution in [0.5, 0.6) is 0 Å². The lowest BCUT2D eigenvalue weighted by Crippen LogP contribution is -2.34. The molecule has 0 bridgehead atoms. The van der Waals surface area contributed by atoms with Crippen molar-refractivity contribution in [3.05, 3.63) is 0 Å². The van der Waals surface area contributed by atoms with Crippen molar-refractivity contribution in [3.63, 3.8) is 0 Å². The van der Waals surface area contributed by atoms with Crippen LogP contribution >= 0.6 is 0 Å². The summed E-state index contributed by atoms with van der Waals surface area (Å²) in [4.78, 5) is 12.5. The van der Waals surface area contributed by atoms with Crippen LogP contribution in [0.2, 0.25) is 0 Å². The number of carbonyl (C=O) groups excluding carboxylic acids is 1. The first-order valence-electron chi connectivity index (χ1n) is 3.03. The quantitative estimate of drug-likeness (QED) is 0.445. The van der Waals surface area contributed by atoms with Gasteiger partial charge < -0.3 is 10.6 Å². The fourth-order valence-electron chi connectivity index (χ4n) is 0.849. The van der Waals surface area contributed by atoms with Crippen LogP contribution in [-0.4, -0.2) is 37.1 Å². The van der Waals surface area contributed by atoms with Gasteiger partial charge in [0.05, 0.1) is 13.2 Å². The van der Waals surface area contributed by atoms with Crippen molar-refractivity contribution in [2.45, 2.75) is 0 Å². The molecule has 3 N–H and O–H groups in total. The molecule has 0 aliphatic carbocycles. The van der Waals surface area contributed by atoms with E-state index in [9.17, 15) is 4.79 Å². The molecule has 0 atom stereocenters. The minimum absolute atomic E-state index is 0.0278. The zero-order chi connectivity index (χ0) is 6.69. The van der Waals surface area contributed by atoms with E-state index < -0.39 is 0 Å². The molecule has 1 fully saturated rings. The Hall–Kier alpha value is -0.610. The fraction of sp³-hybridized carbons (Fsp3) is 0.800. The van der Waals surface area contributed by atoms with Crippen LogP contribution in [0.25, 0.3) is 0 Å². The summed E-state index contributed by atoms with van der Waals surface area (Å²) in [5, 5.41) is 3.04. The van der Waals surface area contributed by atoms with Gasteiger partial charge in [-0.05, 0) is 0 Å². The smallest absolute Gasteiger partial charge is 0.237 e. The standard InChI is InChI=1S/C5H11N3O/c6-3-5(9)8-2-1-7-4-8/h7H,1-4,6H2. The van der Waals surface area contributed by atoms with Gasteiger partial charge in [-0.3, -0.25) is 10.1 Å². The molecule has 1 aliphatic heterocycles. The van der Waals surface area contributed by atoms with Gasteiger partial charge in [0.25, 0.3) is 0 Å². The van der Waals surface area contributed by atoms with E-state index in [0.29, 0.717) is 6.67 Å². The van der Waals surface area contributed by atoms with Gasteiger partial charge in [0.15, 0.2) is 0 Å². The van der Waals surface area contributed by atoms with Crippen molar-refractivity contribution in [3.8, 4) is 0 Å². The molecule has 0 radical (unpaired) electrons. The Morgan fingerprint density at radius 3 is 3.00 bits per heavy atom. The largest absolute Gasteiger partial charge is 0.328 e. The molecule has 4 heteroatoms. The molecule has 0 aromatic heterocycles. The van der Waals surface area contributed by atoms with Crippen molar-refractivity contribution >= 4 is 5.91 Å². The number of carbonyl (C=O) groups is 1. The number of nitrogens with one attached hydrogen (secondary N) is 1. The van der Waals surface area contributed by atoms with E-state index in [2.05, 4.69) is 5.32 Å². The van der Waals surface area contributed by atoms with Crippen molar-refractivity contribution in [1.29, 1.82) is 0 Å². The van der Waals surface area contributed by atoms with Crippen LogP contribution in [0.3, 0.4) is 0 Å². The zero-order valence-corrected chi connectivity index (χ0v) is 5.26. The van der Waals surface area contributed by atoms with Crippen LogP contribution in [0.4, 0.5) is 0 Å². The third kappa shape index (κ3) is 1.40. The van der Waals surface area contributed by atoms with E-state index in [1.807, 2.05) is 0 Å². The number of rotatable bonds is 1. The van der Waals surface area contributed by atoms with Gasteiger partial charge in [0.2, 0.25) is 5.91 Å². The molecule has 52 valence electrons. The van der Waals surface area contributed by atoms with Crippen molar-refractivity contribution in [1.82, 2.24) is 10.2 Å². The summed E-state index contributed by atoms with van der Waals surface area (Å²) < 4.78 is 0. The van der Waals surface area contributed by atoms with E-state index in [1.54, 1.807) is 4.90 Å². The monoisotopic (exact) mass is 129 g/mol. The van der Waals surface area contributed by atoms with E-state index in [1.165, 1.54) is 0 Å². The average molecular weight is 129 g/mol.